The lowest BCUT2D eigenvalue weighted by molar-refractivity contribution is 0.795. The van der Waals surface area contributed by atoms with Crippen LogP contribution in [-0.4, -0.2) is 31.4 Å². The van der Waals surface area contributed by atoms with Crippen LogP contribution in [0.15, 0.2) is 44.9 Å². The lowest BCUT2D eigenvalue weighted by Gasteiger charge is -2.12. The lowest BCUT2D eigenvalue weighted by atomic mass is 9.93. The quantitative estimate of drug-likeness (QED) is 0.853. The number of aryl methyl sites for hydroxylation is 1. The molecule has 1 aromatic rings. The second-order valence-electron chi connectivity index (χ2n) is 5.73. The topological polar surface area (TPSA) is 63.1 Å². The smallest absolute Gasteiger partial charge is 0.154 e. The third-order valence-electron chi connectivity index (χ3n) is 4.44. The summed E-state index contributed by atoms with van der Waals surface area (Å²) in [4.78, 5) is 13.3. The van der Waals surface area contributed by atoms with Gasteiger partial charge < -0.3 is 5.73 Å². The highest BCUT2D eigenvalue weighted by Gasteiger charge is 2.25. The first-order chi connectivity index (χ1) is 10.8. The van der Waals surface area contributed by atoms with E-state index in [0.29, 0.717) is 5.92 Å². The summed E-state index contributed by atoms with van der Waals surface area (Å²) in [5.41, 5.74) is 11.9. The van der Waals surface area contributed by atoms with Crippen molar-refractivity contribution in [3.8, 4) is 0 Å². The fraction of sp³-hybridized carbons (Fsp3) is 0.389. The summed E-state index contributed by atoms with van der Waals surface area (Å²) >= 11 is 0. The van der Waals surface area contributed by atoms with Crippen molar-refractivity contribution < 1.29 is 0 Å². The van der Waals surface area contributed by atoms with E-state index in [-0.39, 0.29) is 0 Å². The maximum Gasteiger partial charge on any atom is 0.154 e. The minimum atomic E-state index is 0.359. The van der Waals surface area contributed by atoms with E-state index in [4.69, 9.17) is 5.73 Å². The van der Waals surface area contributed by atoms with Gasteiger partial charge in [0.05, 0.1) is 6.54 Å². The molecule has 0 amide bonds. The highest BCUT2D eigenvalue weighted by Crippen LogP contribution is 2.38. The fourth-order valence-corrected chi connectivity index (χ4v) is 3.23. The molecule has 0 fully saturated rings. The molecule has 1 aliphatic carbocycles. The van der Waals surface area contributed by atoms with Crippen molar-refractivity contribution in [2.75, 3.05) is 13.6 Å². The van der Waals surface area contributed by atoms with Crippen molar-refractivity contribution in [3.05, 3.63) is 46.7 Å². The Morgan fingerprint density at radius 1 is 1.45 bits per heavy atom. The Labute approximate surface area is 131 Å². The first-order valence-corrected chi connectivity index (χ1v) is 7.84. The van der Waals surface area contributed by atoms with Crippen LogP contribution in [0.5, 0.6) is 0 Å². The van der Waals surface area contributed by atoms with Gasteiger partial charge >= 0.3 is 0 Å². The van der Waals surface area contributed by atoms with Gasteiger partial charge in [0.1, 0.15) is 0 Å². The van der Waals surface area contributed by atoms with Crippen LogP contribution < -0.4 is 5.73 Å². The molecule has 114 valence electrons. The summed E-state index contributed by atoms with van der Waals surface area (Å²) in [6.07, 6.45) is 6.68. The first-order valence-electron chi connectivity index (χ1n) is 7.84. The summed E-state index contributed by atoms with van der Waals surface area (Å²) < 4.78 is 0. The Morgan fingerprint density at radius 3 is 3.00 bits per heavy atom. The lowest BCUT2D eigenvalue weighted by Crippen LogP contribution is -2.03. The van der Waals surface area contributed by atoms with Gasteiger partial charge in [0.25, 0.3) is 0 Å². The summed E-state index contributed by atoms with van der Waals surface area (Å²) in [6, 6.07) is 6.58. The highest BCUT2D eigenvalue weighted by atomic mass is 15.0. The molecular weight excluding hydrogens is 272 g/mol. The number of aliphatic imine (C=N–C) groups is 3. The number of nitrogens with two attached hydrogens (primary N) is 1. The van der Waals surface area contributed by atoms with E-state index in [2.05, 4.69) is 40.1 Å². The predicted octanol–water partition coefficient (Wildman–Crippen LogP) is 2.87. The van der Waals surface area contributed by atoms with E-state index in [1.165, 1.54) is 16.8 Å². The monoisotopic (exact) mass is 294 g/mol. The summed E-state index contributed by atoms with van der Waals surface area (Å²) in [6.45, 7) is 2.87. The molecule has 22 heavy (non-hydrogen) atoms. The van der Waals surface area contributed by atoms with Gasteiger partial charge in [-0.05, 0) is 48.2 Å². The Balaban J connectivity index is 1.89. The van der Waals surface area contributed by atoms with E-state index in [1.54, 1.807) is 13.2 Å². The van der Waals surface area contributed by atoms with Crippen LogP contribution >= 0.6 is 0 Å². The number of amidine groups is 1. The van der Waals surface area contributed by atoms with E-state index in [1.807, 2.05) is 6.21 Å². The average molecular weight is 294 g/mol. The third-order valence-corrected chi connectivity index (χ3v) is 4.44. The average Bonchev–Trinajstić information content (AvgIpc) is 3.18. The normalized spacial score (nSPS) is 21.2. The summed E-state index contributed by atoms with van der Waals surface area (Å²) in [5.74, 6) is 1.24. The zero-order chi connectivity index (χ0) is 15.5. The SMILES string of the molecule is CCC1=NC(c2ccc3c(c2)CCC3C(C=NC)=CN)=NC1. The molecule has 4 heteroatoms. The minimum Gasteiger partial charge on any atom is -0.404 e. The second-order valence-corrected chi connectivity index (χ2v) is 5.73. The highest BCUT2D eigenvalue weighted by molar-refractivity contribution is 6.11. The number of nitrogens with zero attached hydrogens (tertiary/aromatic N) is 3. The van der Waals surface area contributed by atoms with Gasteiger partial charge in [-0.1, -0.05) is 19.1 Å². The molecular formula is C18H22N4. The number of hydrogen-bond acceptors (Lipinski definition) is 4. The van der Waals surface area contributed by atoms with E-state index in [9.17, 15) is 0 Å². The molecule has 0 saturated heterocycles. The molecule has 0 bridgehead atoms. The summed E-state index contributed by atoms with van der Waals surface area (Å²) in [5, 5.41) is 0. The van der Waals surface area contributed by atoms with Crippen LogP contribution in [0.4, 0.5) is 0 Å². The van der Waals surface area contributed by atoms with Gasteiger partial charge in [0, 0.05) is 30.5 Å². The Bertz CT molecular complexity index is 695. The number of allylic oxidation sites excluding steroid dienone is 1. The maximum atomic E-state index is 5.77. The Kier molecular flexibility index (Phi) is 4.18. The standard InChI is InChI=1S/C18H22N4/c1-3-15-11-21-18(22-15)13-5-7-16-12(8-13)4-6-17(16)14(9-19)10-20-2/h5,7-10,17H,3-4,6,11,19H2,1-2H3. The number of fused-ring (bicyclic) bond motifs is 1. The van der Waals surface area contributed by atoms with Crippen molar-refractivity contribution in [1.29, 1.82) is 0 Å². The van der Waals surface area contributed by atoms with Crippen LogP contribution in [0.25, 0.3) is 0 Å². The first kappa shape index (κ1) is 14.7. The molecule has 1 aliphatic heterocycles. The van der Waals surface area contributed by atoms with Gasteiger partial charge in [-0.25, -0.2) is 4.99 Å². The van der Waals surface area contributed by atoms with E-state index < -0.39 is 0 Å². The molecule has 1 aromatic carbocycles. The van der Waals surface area contributed by atoms with Crippen molar-refractivity contribution >= 4 is 17.8 Å². The van der Waals surface area contributed by atoms with Gasteiger partial charge in [-0.15, -0.1) is 0 Å². The van der Waals surface area contributed by atoms with Crippen LogP contribution in [-0.2, 0) is 6.42 Å². The molecule has 0 saturated carbocycles. The molecule has 1 unspecified atom stereocenters. The van der Waals surface area contributed by atoms with Crippen molar-refractivity contribution in [2.45, 2.75) is 32.1 Å². The van der Waals surface area contributed by atoms with E-state index in [0.717, 1.165) is 42.8 Å². The van der Waals surface area contributed by atoms with Gasteiger partial charge in [0.2, 0.25) is 0 Å². The van der Waals surface area contributed by atoms with Crippen molar-refractivity contribution in [1.82, 2.24) is 0 Å². The van der Waals surface area contributed by atoms with Crippen LogP contribution in [0.2, 0.25) is 0 Å². The van der Waals surface area contributed by atoms with Crippen molar-refractivity contribution in [2.24, 2.45) is 20.7 Å². The molecule has 2 N–H and O–H groups in total. The molecule has 4 nitrogen and oxygen atoms in total. The second kappa shape index (κ2) is 6.26. The molecule has 0 spiro atoms. The predicted molar refractivity (Wildman–Crippen MR) is 93.3 cm³/mol. The number of benzene rings is 1. The zero-order valence-electron chi connectivity index (χ0n) is 13.2. The largest absolute Gasteiger partial charge is 0.404 e. The van der Waals surface area contributed by atoms with Gasteiger partial charge in [-0.3, -0.25) is 9.98 Å². The minimum absolute atomic E-state index is 0.359. The van der Waals surface area contributed by atoms with Crippen LogP contribution in [0, 0.1) is 0 Å². The molecule has 2 aliphatic rings. The molecule has 1 atom stereocenters. The van der Waals surface area contributed by atoms with Gasteiger partial charge in [-0.2, -0.15) is 0 Å². The molecule has 0 radical (unpaired) electrons. The van der Waals surface area contributed by atoms with Crippen molar-refractivity contribution in [3.63, 3.8) is 0 Å². The maximum absolute atomic E-state index is 5.77. The molecule has 1 heterocycles. The zero-order valence-corrected chi connectivity index (χ0v) is 13.2. The number of rotatable bonds is 4. The van der Waals surface area contributed by atoms with Crippen LogP contribution in [0.3, 0.4) is 0 Å². The Morgan fingerprint density at radius 2 is 2.32 bits per heavy atom. The van der Waals surface area contributed by atoms with Gasteiger partial charge in [0.15, 0.2) is 5.84 Å². The third kappa shape index (κ3) is 2.61. The molecule has 0 aromatic heterocycles. The fourth-order valence-electron chi connectivity index (χ4n) is 3.23. The van der Waals surface area contributed by atoms with Crippen LogP contribution in [0.1, 0.15) is 42.4 Å². The Hall–Kier alpha value is -2.23. The number of hydrogen-bond donors (Lipinski definition) is 1. The van der Waals surface area contributed by atoms with E-state index >= 15 is 0 Å². The molecule has 3 rings (SSSR count). The summed E-state index contributed by atoms with van der Waals surface area (Å²) in [7, 11) is 1.78.